The van der Waals surface area contributed by atoms with Crippen LogP contribution in [0.1, 0.15) is 32.5 Å². The van der Waals surface area contributed by atoms with Gasteiger partial charge in [0.25, 0.3) is 5.78 Å². The first-order chi connectivity index (χ1) is 17.3. The van der Waals surface area contributed by atoms with E-state index in [1.165, 1.54) is 12.0 Å². The van der Waals surface area contributed by atoms with Crippen molar-refractivity contribution in [1.82, 2.24) is 4.98 Å². The molecule has 1 saturated heterocycles. The van der Waals surface area contributed by atoms with Gasteiger partial charge in [0.2, 0.25) is 0 Å². The number of anilines is 1. The lowest BCUT2D eigenvalue weighted by Gasteiger charge is -2.23. The maximum atomic E-state index is 13.3. The second-order valence-corrected chi connectivity index (χ2v) is 9.40. The number of amides is 1. The number of halogens is 1. The van der Waals surface area contributed by atoms with Crippen molar-refractivity contribution in [2.75, 3.05) is 25.2 Å². The van der Waals surface area contributed by atoms with Crippen LogP contribution in [0, 0.1) is 6.92 Å². The van der Waals surface area contributed by atoms with Crippen LogP contribution in [-0.4, -0.2) is 48.1 Å². The number of benzene rings is 2. The van der Waals surface area contributed by atoms with Gasteiger partial charge in [-0.15, -0.1) is 0 Å². The Balaban J connectivity index is 1.69. The van der Waals surface area contributed by atoms with Crippen LogP contribution in [0.3, 0.4) is 0 Å². The third-order valence-corrected chi connectivity index (χ3v) is 7.16. The average molecular weight is 527 g/mol. The van der Waals surface area contributed by atoms with Gasteiger partial charge in [0.1, 0.15) is 23.9 Å². The van der Waals surface area contributed by atoms with Crippen LogP contribution in [0.5, 0.6) is 11.5 Å². The second-order valence-electron chi connectivity index (χ2n) is 7.99. The first kappa shape index (κ1) is 23.8. The molecule has 1 fully saturated rings. The Morgan fingerprint density at radius 3 is 2.64 bits per heavy atom. The summed E-state index contributed by atoms with van der Waals surface area (Å²) < 4.78 is 15.9. The van der Waals surface area contributed by atoms with Gasteiger partial charge in [0.05, 0.1) is 24.4 Å². The van der Waals surface area contributed by atoms with Gasteiger partial charge in [-0.3, -0.25) is 14.5 Å². The van der Waals surface area contributed by atoms with E-state index >= 15 is 0 Å². The lowest BCUT2D eigenvalue weighted by Crippen LogP contribution is -2.29. The summed E-state index contributed by atoms with van der Waals surface area (Å²) in [5, 5.41) is 11.8. The van der Waals surface area contributed by atoms with Crippen molar-refractivity contribution in [2.24, 2.45) is 0 Å². The van der Waals surface area contributed by atoms with Crippen LogP contribution in [0.4, 0.5) is 5.13 Å². The van der Waals surface area contributed by atoms with E-state index in [9.17, 15) is 19.5 Å². The van der Waals surface area contributed by atoms with Crippen LogP contribution >= 0.6 is 22.9 Å². The maximum absolute atomic E-state index is 13.3. The summed E-state index contributed by atoms with van der Waals surface area (Å²) in [6.45, 7) is 2.35. The zero-order valence-corrected chi connectivity index (χ0v) is 20.7. The molecule has 0 spiro atoms. The first-order valence-corrected chi connectivity index (χ1v) is 12.0. The highest BCUT2D eigenvalue weighted by atomic mass is 35.5. The number of ketones is 1. The second kappa shape index (κ2) is 9.29. The summed E-state index contributed by atoms with van der Waals surface area (Å²) in [6.07, 6.45) is 0. The van der Waals surface area contributed by atoms with E-state index in [1.54, 1.807) is 49.4 Å². The van der Waals surface area contributed by atoms with Crippen molar-refractivity contribution in [3.05, 3.63) is 74.8 Å². The molecule has 0 radical (unpaired) electrons. The largest absolute Gasteiger partial charge is 0.507 e. The molecule has 9 nitrogen and oxygen atoms in total. The third-order valence-electron chi connectivity index (χ3n) is 5.79. The monoisotopic (exact) mass is 526 g/mol. The quantitative estimate of drug-likeness (QED) is 0.232. The minimum absolute atomic E-state index is 0.112. The Kier molecular flexibility index (Phi) is 6.15. The van der Waals surface area contributed by atoms with Crippen molar-refractivity contribution in [3.8, 4) is 11.5 Å². The Morgan fingerprint density at radius 2 is 1.92 bits per heavy atom. The Labute approximate surface area is 214 Å². The fourth-order valence-electron chi connectivity index (χ4n) is 4.14. The number of hydrogen-bond donors (Lipinski definition) is 1. The van der Waals surface area contributed by atoms with Gasteiger partial charge in [0, 0.05) is 10.6 Å². The summed E-state index contributed by atoms with van der Waals surface area (Å²) in [5.74, 6) is -1.87. The molecule has 3 aromatic rings. The van der Waals surface area contributed by atoms with E-state index in [4.69, 9.17) is 25.8 Å². The molecule has 1 atom stereocenters. The predicted molar refractivity (Wildman–Crippen MR) is 132 cm³/mol. The van der Waals surface area contributed by atoms with Crippen molar-refractivity contribution >= 4 is 51.5 Å². The highest BCUT2D eigenvalue weighted by Gasteiger charge is 2.48. The summed E-state index contributed by atoms with van der Waals surface area (Å²) in [4.78, 5) is 44.5. The number of aryl methyl sites for hydroxylation is 1. The fraction of sp³-hybridized carbons (Fsp3) is 0.200. The lowest BCUT2D eigenvalue weighted by molar-refractivity contribution is -0.132. The third kappa shape index (κ3) is 3.98. The topological polar surface area (TPSA) is 115 Å². The number of hydrogen-bond acceptors (Lipinski definition) is 9. The molecular weight excluding hydrogens is 508 g/mol. The molecule has 3 heterocycles. The van der Waals surface area contributed by atoms with Gasteiger partial charge >= 0.3 is 11.9 Å². The molecule has 11 heteroatoms. The number of methoxy groups -OCH3 is 1. The Hall–Kier alpha value is -3.89. The minimum Gasteiger partial charge on any atom is -0.507 e. The van der Waals surface area contributed by atoms with E-state index < -0.39 is 23.7 Å². The zero-order valence-electron chi connectivity index (χ0n) is 19.1. The molecule has 1 N–H and O–H groups in total. The number of aliphatic hydroxyl groups is 1. The number of ether oxygens (including phenoxy) is 3. The number of carbonyl (C=O) groups is 3. The smallest absolute Gasteiger partial charge is 0.350 e. The SMILES string of the molecule is COC(=O)c1sc(N2C(=O)C(=O)/C(=C(/O)c3ccc4c(c3)OCCO4)[C@@H]2c2cccc(Cl)c2)nc1C. The lowest BCUT2D eigenvalue weighted by atomic mass is 9.95. The summed E-state index contributed by atoms with van der Waals surface area (Å²) >= 11 is 7.15. The molecule has 2 aliphatic heterocycles. The molecule has 0 unspecified atom stereocenters. The first-order valence-electron chi connectivity index (χ1n) is 10.8. The summed E-state index contributed by atoms with van der Waals surface area (Å²) in [7, 11) is 1.24. The van der Waals surface area contributed by atoms with Crippen molar-refractivity contribution < 1.29 is 33.7 Å². The number of aliphatic hydroxyl groups excluding tert-OH is 1. The summed E-state index contributed by atoms with van der Waals surface area (Å²) in [5.41, 5.74) is 0.954. The highest BCUT2D eigenvalue weighted by molar-refractivity contribution is 7.17. The van der Waals surface area contributed by atoms with Crippen LogP contribution in [-0.2, 0) is 14.3 Å². The van der Waals surface area contributed by atoms with Crippen molar-refractivity contribution in [2.45, 2.75) is 13.0 Å². The molecule has 36 heavy (non-hydrogen) atoms. The standard InChI is InChI=1S/C25H19ClN2O7S/c1-12-22(24(32)33-2)36-25(27-12)28-19(13-4-3-5-15(26)10-13)18(21(30)23(28)31)20(29)14-6-7-16-17(11-14)35-9-8-34-16/h3-7,10-11,19,29H,8-9H2,1-2H3/b20-18+/t19-/m0/s1. The molecule has 0 bridgehead atoms. The van der Waals surface area contributed by atoms with Gasteiger partial charge in [-0.05, 0) is 42.8 Å². The van der Waals surface area contributed by atoms with Gasteiger partial charge in [-0.25, -0.2) is 9.78 Å². The Morgan fingerprint density at radius 1 is 1.17 bits per heavy atom. The average Bonchev–Trinajstić information content (AvgIpc) is 3.39. The zero-order chi connectivity index (χ0) is 25.6. The van der Waals surface area contributed by atoms with Crippen LogP contribution in [0.25, 0.3) is 5.76 Å². The molecule has 0 saturated carbocycles. The van der Waals surface area contributed by atoms with Crippen LogP contribution < -0.4 is 14.4 Å². The molecule has 1 aromatic heterocycles. The highest BCUT2D eigenvalue weighted by Crippen LogP contribution is 2.45. The predicted octanol–water partition coefficient (Wildman–Crippen LogP) is 4.29. The fourth-order valence-corrected chi connectivity index (χ4v) is 5.35. The van der Waals surface area contributed by atoms with E-state index in [-0.39, 0.29) is 26.9 Å². The number of rotatable bonds is 4. The Bertz CT molecular complexity index is 1450. The summed E-state index contributed by atoms with van der Waals surface area (Å²) in [6, 6.07) is 10.3. The minimum atomic E-state index is -1.05. The van der Waals surface area contributed by atoms with Gasteiger partial charge in [-0.2, -0.15) is 0 Å². The number of aromatic nitrogens is 1. The number of esters is 1. The van der Waals surface area contributed by atoms with E-state index in [0.717, 1.165) is 11.3 Å². The molecule has 184 valence electrons. The van der Waals surface area contributed by atoms with E-state index in [0.29, 0.717) is 41.0 Å². The number of carbonyl (C=O) groups excluding carboxylic acids is 3. The van der Waals surface area contributed by atoms with Crippen molar-refractivity contribution in [3.63, 3.8) is 0 Å². The van der Waals surface area contributed by atoms with E-state index in [2.05, 4.69) is 4.98 Å². The number of nitrogens with zero attached hydrogens (tertiary/aromatic N) is 2. The van der Waals surface area contributed by atoms with Crippen molar-refractivity contribution in [1.29, 1.82) is 0 Å². The molecular formula is C25H19ClN2O7S. The normalized spacial score (nSPS) is 18.4. The van der Waals surface area contributed by atoms with Gasteiger partial charge in [0.15, 0.2) is 16.6 Å². The number of Topliss-reactive ketones (excluding diaryl/α,β-unsaturated/α-hetero) is 1. The van der Waals surface area contributed by atoms with Crippen LogP contribution in [0.15, 0.2) is 48.0 Å². The molecule has 2 aliphatic rings. The maximum Gasteiger partial charge on any atom is 0.350 e. The molecule has 1 amide bonds. The van der Waals surface area contributed by atoms with Crippen LogP contribution in [0.2, 0.25) is 5.02 Å². The van der Waals surface area contributed by atoms with E-state index in [1.807, 2.05) is 0 Å². The molecule has 5 rings (SSSR count). The van der Waals surface area contributed by atoms with Gasteiger partial charge in [-0.1, -0.05) is 35.1 Å². The molecule has 0 aliphatic carbocycles. The van der Waals surface area contributed by atoms with Gasteiger partial charge < -0.3 is 19.3 Å². The number of thiazole rings is 1. The molecule has 2 aromatic carbocycles. The number of fused-ring (bicyclic) bond motifs is 1.